The van der Waals surface area contributed by atoms with Crippen molar-refractivity contribution >= 4 is 23.0 Å². The largest absolute Gasteiger partial charge is 0.356 e. The highest BCUT2D eigenvalue weighted by Crippen LogP contribution is 2.13. The molecule has 5 heteroatoms. The van der Waals surface area contributed by atoms with E-state index in [2.05, 4.69) is 15.6 Å². The molecule has 3 nitrogen and oxygen atoms in total. The van der Waals surface area contributed by atoms with Crippen molar-refractivity contribution in [3.63, 3.8) is 0 Å². The third-order valence-electron chi connectivity index (χ3n) is 2.66. The van der Waals surface area contributed by atoms with Gasteiger partial charge in [-0.05, 0) is 49.0 Å². The zero-order valence-electron chi connectivity index (χ0n) is 10.4. The molecule has 2 aromatic rings. The Morgan fingerprint density at radius 2 is 1.79 bits per heavy atom. The molecule has 1 aromatic carbocycles. The normalized spacial score (nSPS) is 11.7. The summed E-state index contributed by atoms with van der Waals surface area (Å²) in [5.41, 5.74) is 1.85. The molecule has 2 N–H and O–H groups in total. The van der Waals surface area contributed by atoms with Crippen LogP contribution in [-0.4, -0.2) is 10.1 Å². The summed E-state index contributed by atoms with van der Waals surface area (Å²) in [6, 6.07) is 10.0. The van der Waals surface area contributed by atoms with Gasteiger partial charge >= 0.3 is 0 Å². The van der Waals surface area contributed by atoms with E-state index in [1.807, 2.05) is 19.1 Å². The maximum absolute atomic E-state index is 12.8. The molecule has 98 valence electrons. The molecule has 2 rings (SSSR count). The van der Waals surface area contributed by atoms with Gasteiger partial charge in [-0.15, -0.1) is 0 Å². The number of hydrogen-bond donors (Lipinski definition) is 2. The van der Waals surface area contributed by atoms with E-state index in [1.165, 1.54) is 12.1 Å². The van der Waals surface area contributed by atoms with Crippen molar-refractivity contribution in [2.45, 2.75) is 13.0 Å². The van der Waals surface area contributed by atoms with Gasteiger partial charge in [0.05, 0.1) is 6.04 Å². The highest BCUT2D eigenvalue weighted by molar-refractivity contribution is 7.80. The quantitative estimate of drug-likeness (QED) is 0.843. The average molecular weight is 275 g/mol. The number of thiocarbonyl (C=S) groups is 1. The average Bonchev–Trinajstić information content (AvgIpc) is 2.40. The molecule has 0 unspecified atom stereocenters. The van der Waals surface area contributed by atoms with Gasteiger partial charge in [0.1, 0.15) is 5.82 Å². The van der Waals surface area contributed by atoms with E-state index >= 15 is 0 Å². The van der Waals surface area contributed by atoms with Crippen LogP contribution in [0.4, 0.5) is 10.1 Å². The number of benzene rings is 1. The third kappa shape index (κ3) is 3.99. The molecule has 0 saturated heterocycles. The van der Waals surface area contributed by atoms with Gasteiger partial charge in [0.25, 0.3) is 0 Å². The number of nitrogens with one attached hydrogen (secondary N) is 2. The smallest absolute Gasteiger partial charge is 0.171 e. The first kappa shape index (κ1) is 13.4. The molecule has 0 amide bonds. The first-order valence-electron chi connectivity index (χ1n) is 5.88. The van der Waals surface area contributed by atoms with Crippen molar-refractivity contribution in [1.29, 1.82) is 0 Å². The predicted octanol–water partition coefficient (Wildman–Crippen LogP) is 3.27. The minimum atomic E-state index is -0.242. The number of halogens is 1. The molecule has 0 aliphatic carbocycles. The van der Waals surface area contributed by atoms with E-state index in [1.54, 1.807) is 24.5 Å². The van der Waals surface area contributed by atoms with Crippen LogP contribution in [0.1, 0.15) is 18.5 Å². The summed E-state index contributed by atoms with van der Waals surface area (Å²) in [5, 5.41) is 6.72. The van der Waals surface area contributed by atoms with Gasteiger partial charge < -0.3 is 10.6 Å². The molecule has 0 radical (unpaired) electrons. The lowest BCUT2D eigenvalue weighted by atomic mass is 10.1. The number of nitrogens with zero attached hydrogens (tertiary/aromatic N) is 1. The highest BCUT2D eigenvalue weighted by Gasteiger charge is 2.07. The Morgan fingerprint density at radius 3 is 2.42 bits per heavy atom. The van der Waals surface area contributed by atoms with Gasteiger partial charge in [0.15, 0.2) is 5.11 Å². The fourth-order valence-corrected chi connectivity index (χ4v) is 1.93. The lowest BCUT2D eigenvalue weighted by Crippen LogP contribution is -2.30. The minimum Gasteiger partial charge on any atom is -0.356 e. The second kappa shape index (κ2) is 6.24. The summed E-state index contributed by atoms with van der Waals surface area (Å²) >= 11 is 5.22. The lowest BCUT2D eigenvalue weighted by Gasteiger charge is -2.17. The van der Waals surface area contributed by atoms with Crippen LogP contribution in [0.5, 0.6) is 0 Å². The Morgan fingerprint density at radius 1 is 1.16 bits per heavy atom. The second-order valence-electron chi connectivity index (χ2n) is 4.11. The van der Waals surface area contributed by atoms with E-state index in [0.29, 0.717) is 5.11 Å². The maximum atomic E-state index is 12.8. The van der Waals surface area contributed by atoms with Crippen molar-refractivity contribution in [2.24, 2.45) is 0 Å². The summed E-state index contributed by atoms with van der Waals surface area (Å²) in [4.78, 5) is 3.93. The molecule has 0 fully saturated rings. The molecule has 0 spiro atoms. The molecular formula is C14H14FN3S. The van der Waals surface area contributed by atoms with Crippen LogP contribution in [-0.2, 0) is 0 Å². The van der Waals surface area contributed by atoms with Crippen molar-refractivity contribution in [3.8, 4) is 0 Å². The zero-order chi connectivity index (χ0) is 13.7. The summed E-state index contributed by atoms with van der Waals surface area (Å²) in [7, 11) is 0. The van der Waals surface area contributed by atoms with Crippen LogP contribution in [0.3, 0.4) is 0 Å². The minimum absolute atomic E-state index is 0.00226. The Bertz CT molecular complexity index is 542. The van der Waals surface area contributed by atoms with Gasteiger partial charge in [-0.1, -0.05) is 12.1 Å². The molecule has 1 atom stereocenters. The molecule has 0 aliphatic rings. The second-order valence-corrected chi connectivity index (χ2v) is 4.52. The fraction of sp³-hybridized carbons (Fsp3) is 0.143. The highest BCUT2D eigenvalue weighted by atomic mass is 32.1. The summed E-state index contributed by atoms with van der Waals surface area (Å²) in [5.74, 6) is -0.242. The Labute approximate surface area is 116 Å². The molecule has 0 saturated carbocycles. The van der Waals surface area contributed by atoms with E-state index in [-0.39, 0.29) is 11.9 Å². The molecule has 19 heavy (non-hydrogen) atoms. The molecule has 0 bridgehead atoms. The number of pyridine rings is 1. The SMILES string of the molecule is C[C@@H](NC(=S)Nc1ccncc1)c1ccc(F)cc1. The van der Waals surface area contributed by atoms with Crippen molar-refractivity contribution in [1.82, 2.24) is 10.3 Å². The van der Waals surface area contributed by atoms with Gasteiger partial charge in [0, 0.05) is 18.1 Å². The molecule has 1 heterocycles. The van der Waals surface area contributed by atoms with Gasteiger partial charge in [0.2, 0.25) is 0 Å². The monoisotopic (exact) mass is 275 g/mol. The van der Waals surface area contributed by atoms with Crippen molar-refractivity contribution in [3.05, 3.63) is 60.2 Å². The topological polar surface area (TPSA) is 37.0 Å². The zero-order valence-corrected chi connectivity index (χ0v) is 11.2. The summed E-state index contributed by atoms with van der Waals surface area (Å²) in [6.45, 7) is 1.97. The van der Waals surface area contributed by atoms with Gasteiger partial charge in [-0.2, -0.15) is 0 Å². The predicted molar refractivity (Wildman–Crippen MR) is 78.4 cm³/mol. The first-order chi connectivity index (χ1) is 9.15. The third-order valence-corrected chi connectivity index (χ3v) is 2.88. The number of rotatable bonds is 3. The number of hydrogen-bond acceptors (Lipinski definition) is 2. The van der Waals surface area contributed by atoms with Crippen molar-refractivity contribution in [2.75, 3.05) is 5.32 Å². The van der Waals surface area contributed by atoms with Crippen LogP contribution < -0.4 is 10.6 Å². The van der Waals surface area contributed by atoms with E-state index in [9.17, 15) is 4.39 Å². The summed E-state index contributed by atoms with van der Waals surface area (Å²) < 4.78 is 12.8. The summed E-state index contributed by atoms with van der Waals surface area (Å²) in [6.07, 6.45) is 3.38. The van der Waals surface area contributed by atoms with Crippen molar-refractivity contribution < 1.29 is 4.39 Å². The Kier molecular flexibility index (Phi) is 4.41. The fourth-order valence-electron chi connectivity index (χ4n) is 1.63. The molecule has 1 aromatic heterocycles. The molecular weight excluding hydrogens is 261 g/mol. The Balaban J connectivity index is 1.93. The maximum Gasteiger partial charge on any atom is 0.171 e. The van der Waals surface area contributed by atoms with Crippen LogP contribution in [0.15, 0.2) is 48.8 Å². The van der Waals surface area contributed by atoms with Crippen LogP contribution in [0.2, 0.25) is 0 Å². The van der Waals surface area contributed by atoms with Crippen LogP contribution in [0, 0.1) is 5.82 Å². The Hall–Kier alpha value is -2.01. The van der Waals surface area contributed by atoms with Gasteiger partial charge in [-0.25, -0.2) is 4.39 Å². The van der Waals surface area contributed by atoms with Gasteiger partial charge in [-0.3, -0.25) is 4.98 Å². The first-order valence-corrected chi connectivity index (χ1v) is 6.29. The number of aromatic nitrogens is 1. The van der Waals surface area contributed by atoms with E-state index in [0.717, 1.165) is 11.3 Å². The van der Waals surface area contributed by atoms with E-state index in [4.69, 9.17) is 12.2 Å². The standard InChI is InChI=1S/C14H14FN3S/c1-10(11-2-4-12(15)5-3-11)17-14(19)18-13-6-8-16-9-7-13/h2-10H,1H3,(H2,16,17,18,19)/t10-/m1/s1. The number of anilines is 1. The lowest BCUT2D eigenvalue weighted by molar-refractivity contribution is 0.624. The molecule has 0 aliphatic heterocycles. The van der Waals surface area contributed by atoms with Crippen LogP contribution >= 0.6 is 12.2 Å². The van der Waals surface area contributed by atoms with Crippen LogP contribution in [0.25, 0.3) is 0 Å². The van der Waals surface area contributed by atoms with E-state index < -0.39 is 0 Å².